The summed E-state index contributed by atoms with van der Waals surface area (Å²) >= 11 is 1.40. The molecule has 0 fully saturated rings. The first-order valence-corrected chi connectivity index (χ1v) is 8.43. The Balaban J connectivity index is 1.77. The molecule has 1 aromatic carbocycles. The van der Waals surface area contributed by atoms with Crippen molar-refractivity contribution in [1.82, 2.24) is 20.1 Å². The normalized spacial score (nSPS) is 12.1. The van der Waals surface area contributed by atoms with Gasteiger partial charge in [-0.05, 0) is 18.9 Å². The number of carbonyl (C=O) groups excluding carboxylic acids is 1. The molecule has 0 aliphatic carbocycles. The molecule has 1 N–H and O–H groups in total. The molecular formula is C16H22N4O2S. The summed E-state index contributed by atoms with van der Waals surface area (Å²) in [6, 6.07) is 10.1. The van der Waals surface area contributed by atoms with Crippen molar-refractivity contribution in [2.24, 2.45) is 0 Å². The van der Waals surface area contributed by atoms with Crippen molar-refractivity contribution >= 4 is 17.7 Å². The first kappa shape index (κ1) is 17.5. The van der Waals surface area contributed by atoms with E-state index in [0.717, 1.165) is 11.6 Å². The van der Waals surface area contributed by atoms with E-state index in [1.807, 2.05) is 29.7 Å². The Morgan fingerprint density at radius 3 is 2.91 bits per heavy atom. The number of ether oxygens (including phenoxy) is 1. The molecule has 2 aromatic rings. The number of methoxy groups -OCH3 is 1. The second kappa shape index (κ2) is 9.32. The highest BCUT2D eigenvalue weighted by Gasteiger charge is 2.17. The molecule has 23 heavy (non-hydrogen) atoms. The van der Waals surface area contributed by atoms with E-state index in [-0.39, 0.29) is 11.2 Å². The molecule has 0 spiro atoms. The van der Waals surface area contributed by atoms with Crippen molar-refractivity contribution in [2.45, 2.75) is 30.3 Å². The van der Waals surface area contributed by atoms with Crippen LogP contribution >= 0.6 is 11.8 Å². The van der Waals surface area contributed by atoms with E-state index in [1.165, 1.54) is 17.3 Å². The molecule has 1 unspecified atom stereocenters. The third-order valence-electron chi connectivity index (χ3n) is 3.32. The van der Waals surface area contributed by atoms with Gasteiger partial charge in [-0.15, -0.1) is 10.2 Å². The zero-order valence-electron chi connectivity index (χ0n) is 13.4. The van der Waals surface area contributed by atoms with Gasteiger partial charge < -0.3 is 14.6 Å². The van der Waals surface area contributed by atoms with Crippen LogP contribution in [0.1, 0.15) is 12.5 Å². The summed E-state index contributed by atoms with van der Waals surface area (Å²) in [7, 11) is 1.65. The summed E-state index contributed by atoms with van der Waals surface area (Å²) in [4.78, 5) is 12.2. The van der Waals surface area contributed by atoms with Crippen LogP contribution in [0.5, 0.6) is 0 Å². The van der Waals surface area contributed by atoms with Crippen molar-refractivity contribution in [3.8, 4) is 0 Å². The summed E-state index contributed by atoms with van der Waals surface area (Å²) in [5, 5.41) is 11.4. The van der Waals surface area contributed by atoms with Crippen LogP contribution in [-0.2, 0) is 22.5 Å². The minimum absolute atomic E-state index is 0.00669. The Kier molecular flexibility index (Phi) is 7.09. The third kappa shape index (κ3) is 5.69. The molecule has 0 bridgehead atoms. The second-order valence-electron chi connectivity index (χ2n) is 5.09. The number of hydrogen-bond acceptors (Lipinski definition) is 5. The maximum absolute atomic E-state index is 12.2. The number of aromatic nitrogens is 3. The molecule has 0 saturated carbocycles. The van der Waals surface area contributed by atoms with Gasteiger partial charge in [-0.1, -0.05) is 42.1 Å². The first-order chi connectivity index (χ1) is 11.2. The van der Waals surface area contributed by atoms with Gasteiger partial charge in [-0.3, -0.25) is 4.79 Å². The monoisotopic (exact) mass is 334 g/mol. The predicted molar refractivity (Wildman–Crippen MR) is 90.4 cm³/mol. The van der Waals surface area contributed by atoms with Crippen molar-refractivity contribution in [1.29, 1.82) is 0 Å². The van der Waals surface area contributed by atoms with Gasteiger partial charge in [0.15, 0.2) is 5.16 Å². The minimum Gasteiger partial charge on any atom is -0.383 e. The highest BCUT2D eigenvalue weighted by molar-refractivity contribution is 8.00. The lowest BCUT2D eigenvalue weighted by atomic mass is 10.1. The lowest BCUT2D eigenvalue weighted by Crippen LogP contribution is -2.32. The molecule has 1 amide bonds. The molecule has 1 heterocycles. The van der Waals surface area contributed by atoms with Gasteiger partial charge in [0, 0.05) is 20.2 Å². The molecule has 0 radical (unpaired) electrons. The zero-order valence-corrected chi connectivity index (χ0v) is 14.3. The standard InChI is InChI=1S/C16H22N4O2S/c1-13(23-16-19-18-12-20(16)10-11-22-2)15(21)17-9-8-14-6-4-3-5-7-14/h3-7,12-13H,8-11H2,1-2H3,(H,17,21). The highest BCUT2D eigenvalue weighted by Crippen LogP contribution is 2.20. The second-order valence-corrected chi connectivity index (χ2v) is 6.39. The average molecular weight is 334 g/mol. The summed E-state index contributed by atoms with van der Waals surface area (Å²) < 4.78 is 6.94. The number of thioether (sulfide) groups is 1. The van der Waals surface area contributed by atoms with Crippen LogP contribution in [0.4, 0.5) is 0 Å². The van der Waals surface area contributed by atoms with Crippen LogP contribution in [0.3, 0.4) is 0 Å². The molecule has 6 nitrogen and oxygen atoms in total. The van der Waals surface area contributed by atoms with E-state index >= 15 is 0 Å². The van der Waals surface area contributed by atoms with Crippen molar-refractivity contribution in [3.05, 3.63) is 42.2 Å². The SMILES string of the molecule is COCCn1cnnc1SC(C)C(=O)NCCc1ccccc1. The van der Waals surface area contributed by atoms with E-state index in [0.29, 0.717) is 19.7 Å². The molecule has 1 aromatic heterocycles. The Morgan fingerprint density at radius 1 is 1.39 bits per heavy atom. The molecule has 0 aliphatic rings. The van der Waals surface area contributed by atoms with Crippen LogP contribution in [0.25, 0.3) is 0 Å². The van der Waals surface area contributed by atoms with Crippen LogP contribution in [0.2, 0.25) is 0 Å². The predicted octanol–water partition coefficient (Wildman–Crippen LogP) is 1.76. The third-order valence-corrected chi connectivity index (χ3v) is 4.42. The van der Waals surface area contributed by atoms with Crippen LogP contribution < -0.4 is 5.32 Å². The molecule has 0 aliphatic heterocycles. The Labute approximate surface area is 140 Å². The quantitative estimate of drug-likeness (QED) is 0.708. The van der Waals surface area contributed by atoms with Gasteiger partial charge in [0.2, 0.25) is 5.91 Å². The van der Waals surface area contributed by atoms with Crippen LogP contribution in [-0.4, -0.2) is 46.2 Å². The number of nitrogens with one attached hydrogen (secondary N) is 1. The number of carbonyl (C=O) groups is 1. The number of rotatable bonds is 9. The van der Waals surface area contributed by atoms with E-state index in [2.05, 4.69) is 27.6 Å². The smallest absolute Gasteiger partial charge is 0.233 e. The fraction of sp³-hybridized carbons (Fsp3) is 0.438. The fourth-order valence-corrected chi connectivity index (χ4v) is 2.88. The molecule has 124 valence electrons. The highest BCUT2D eigenvalue weighted by atomic mass is 32.2. The van der Waals surface area contributed by atoms with Gasteiger partial charge in [0.1, 0.15) is 6.33 Å². The zero-order chi connectivity index (χ0) is 16.5. The van der Waals surface area contributed by atoms with Crippen LogP contribution in [0.15, 0.2) is 41.8 Å². The summed E-state index contributed by atoms with van der Waals surface area (Å²) in [6.45, 7) is 3.76. The van der Waals surface area contributed by atoms with E-state index < -0.39 is 0 Å². The number of amides is 1. The number of nitrogens with zero attached hydrogens (tertiary/aromatic N) is 3. The summed E-state index contributed by atoms with van der Waals surface area (Å²) in [6.07, 6.45) is 2.48. The lowest BCUT2D eigenvalue weighted by Gasteiger charge is -2.12. The lowest BCUT2D eigenvalue weighted by molar-refractivity contribution is -0.120. The van der Waals surface area contributed by atoms with Crippen LogP contribution in [0, 0.1) is 0 Å². The van der Waals surface area contributed by atoms with Gasteiger partial charge in [0.05, 0.1) is 11.9 Å². The molecular weight excluding hydrogens is 312 g/mol. The van der Waals surface area contributed by atoms with E-state index in [4.69, 9.17) is 4.74 Å². The average Bonchev–Trinajstić information content (AvgIpc) is 3.00. The first-order valence-electron chi connectivity index (χ1n) is 7.55. The molecule has 1 atom stereocenters. The molecule has 0 saturated heterocycles. The molecule has 7 heteroatoms. The van der Waals surface area contributed by atoms with Gasteiger partial charge in [0.25, 0.3) is 0 Å². The maximum atomic E-state index is 12.2. The topological polar surface area (TPSA) is 69.0 Å². The minimum atomic E-state index is -0.226. The number of hydrogen-bond donors (Lipinski definition) is 1. The largest absolute Gasteiger partial charge is 0.383 e. The number of benzene rings is 1. The van der Waals surface area contributed by atoms with E-state index in [1.54, 1.807) is 13.4 Å². The molecule has 2 rings (SSSR count). The van der Waals surface area contributed by atoms with Crippen molar-refractivity contribution in [2.75, 3.05) is 20.3 Å². The van der Waals surface area contributed by atoms with E-state index in [9.17, 15) is 4.79 Å². The Morgan fingerprint density at radius 2 is 2.17 bits per heavy atom. The van der Waals surface area contributed by atoms with Gasteiger partial charge in [-0.2, -0.15) is 0 Å². The Hall–Kier alpha value is -1.86. The summed E-state index contributed by atoms with van der Waals surface area (Å²) in [5.74, 6) is 0.00669. The van der Waals surface area contributed by atoms with Crippen molar-refractivity contribution < 1.29 is 9.53 Å². The van der Waals surface area contributed by atoms with Gasteiger partial charge >= 0.3 is 0 Å². The maximum Gasteiger partial charge on any atom is 0.233 e. The fourth-order valence-electron chi connectivity index (χ4n) is 2.01. The Bertz CT molecular complexity index is 603. The van der Waals surface area contributed by atoms with Gasteiger partial charge in [-0.25, -0.2) is 0 Å². The van der Waals surface area contributed by atoms with Crippen molar-refractivity contribution in [3.63, 3.8) is 0 Å². The summed E-state index contributed by atoms with van der Waals surface area (Å²) in [5.41, 5.74) is 1.22.